The topological polar surface area (TPSA) is 0 Å². The monoisotopic (exact) mass is 338 g/mol. The molecular weight excluding hydrogens is 288 g/mol. The molecule has 3 atom stereocenters. The summed E-state index contributed by atoms with van der Waals surface area (Å²) in [6.45, 7) is 14.4. The summed E-state index contributed by atoms with van der Waals surface area (Å²) in [6, 6.07) is 0. The van der Waals surface area contributed by atoms with E-state index < -0.39 is 0 Å². The third-order valence-corrected chi connectivity index (χ3v) is 5.82. The molecular formula is C24H50. The van der Waals surface area contributed by atoms with Crippen LogP contribution in [0.3, 0.4) is 0 Å². The molecule has 0 aliphatic rings. The first-order valence-corrected chi connectivity index (χ1v) is 11.5. The summed E-state index contributed by atoms with van der Waals surface area (Å²) < 4.78 is 0. The predicted octanol–water partition coefficient (Wildman–Crippen LogP) is 9.03. The minimum absolute atomic E-state index is 0.881. The van der Waals surface area contributed by atoms with E-state index in [2.05, 4.69) is 41.5 Å². The maximum absolute atomic E-state index is 2.48. The van der Waals surface area contributed by atoms with E-state index in [-0.39, 0.29) is 0 Å². The molecule has 0 N–H and O–H groups in total. The lowest BCUT2D eigenvalue weighted by Gasteiger charge is -2.15. The van der Waals surface area contributed by atoms with Crippen LogP contribution in [-0.2, 0) is 0 Å². The number of rotatable bonds is 17. The average Bonchev–Trinajstić information content (AvgIpc) is 2.51. The van der Waals surface area contributed by atoms with Crippen molar-refractivity contribution in [3.05, 3.63) is 0 Å². The zero-order valence-corrected chi connectivity index (χ0v) is 18.2. The highest BCUT2D eigenvalue weighted by Gasteiger charge is 2.07. The Balaban J connectivity index is 3.44. The van der Waals surface area contributed by atoms with Gasteiger partial charge in [0, 0.05) is 0 Å². The third kappa shape index (κ3) is 16.8. The van der Waals surface area contributed by atoms with Crippen LogP contribution in [0.15, 0.2) is 0 Å². The zero-order chi connectivity index (χ0) is 18.2. The van der Waals surface area contributed by atoms with Crippen molar-refractivity contribution in [1.29, 1.82) is 0 Å². The van der Waals surface area contributed by atoms with Crippen molar-refractivity contribution in [3.63, 3.8) is 0 Å². The lowest BCUT2D eigenvalue weighted by atomic mass is 9.91. The minimum atomic E-state index is 0.881. The molecule has 0 aromatic carbocycles. The van der Waals surface area contributed by atoms with E-state index in [1.807, 2.05) is 0 Å². The first-order valence-electron chi connectivity index (χ1n) is 11.5. The molecule has 0 saturated carbocycles. The molecule has 146 valence electrons. The molecule has 24 heavy (non-hydrogen) atoms. The van der Waals surface area contributed by atoms with Gasteiger partial charge in [-0.15, -0.1) is 0 Å². The number of unbranched alkanes of at least 4 members (excludes halogenated alkanes) is 3. The molecule has 0 heterocycles. The first kappa shape index (κ1) is 24.0. The van der Waals surface area contributed by atoms with Gasteiger partial charge in [-0.05, 0) is 23.7 Å². The fourth-order valence-electron chi connectivity index (χ4n) is 3.85. The Morgan fingerprint density at radius 2 is 0.750 bits per heavy atom. The second kappa shape index (κ2) is 16.5. The Morgan fingerprint density at radius 3 is 1.12 bits per heavy atom. The van der Waals surface area contributed by atoms with Gasteiger partial charge in [-0.2, -0.15) is 0 Å². The SMILES string of the molecule is CCCCCC(C)CCCCC(C)CCCC(C)CCCC(C)C. The molecule has 0 amide bonds. The van der Waals surface area contributed by atoms with E-state index in [1.165, 1.54) is 89.9 Å². The van der Waals surface area contributed by atoms with Gasteiger partial charge in [0.05, 0.1) is 0 Å². The van der Waals surface area contributed by atoms with Crippen molar-refractivity contribution in [3.8, 4) is 0 Å². The van der Waals surface area contributed by atoms with Gasteiger partial charge in [-0.25, -0.2) is 0 Å². The van der Waals surface area contributed by atoms with Gasteiger partial charge in [0.25, 0.3) is 0 Å². The van der Waals surface area contributed by atoms with Crippen LogP contribution < -0.4 is 0 Å². The van der Waals surface area contributed by atoms with Crippen molar-refractivity contribution in [2.45, 2.75) is 131 Å². The molecule has 0 aliphatic carbocycles. The molecule has 0 radical (unpaired) electrons. The molecule has 0 aromatic heterocycles. The van der Waals surface area contributed by atoms with Crippen molar-refractivity contribution < 1.29 is 0 Å². The quantitative estimate of drug-likeness (QED) is 0.232. The van der Waals surface area contributed by atoms with Crippen molar-refractivity contribution in [1.82, 2.24) is 0 Å². The van der Waals surface area contributed by atoms with E-state index in [1.54, 1.807) is 0 Å². The molecule has 3 unspecified atom stereocenters. The van der Waals surface area contributed by atoms with Crippen LogP contribution in [0.25, 0.3) is 0 Å². The summed E-state index contributed by atoms with van der Waals surface area (Å²) in [5, 5.41) is 0. The van der Waals surface area contributed by atoms with Crippen LogP contribution in [0.5, 0.6) is 0 Å². The summed E-state index contributed by atoms with van der Waals surface area (Å²) in [5.41, 5.74) is 0. The maximum atomic E-state index is 2.48. The van der Waals surface area contributed by atoms with E-state index in [9.17, 15) is 0 Å². The fourth-order valence-corrected chi connectivity index (χ4v) is 3.85. The van der Waals surface area contributed by atoms with Gasteiger partial charge >= 0.3 is 0 Å². The average molecular weight is 339 g/mol. The maximum Gasteiger partial charge on any atom is -0.0443 e. The van der Waals surface area contributed by atoms with E-state index in [0.29, 0.717) is 0 Å². The van der Waals surface area contributed by atoms with Gasteiger partial charge < -0.3 is 0 Å². The summed E-state index contributed by atoms with van der Waals surface area (Å²) in [7, 11) is 0. The molecule has 0 fully saturated rings. The van der Waals surface area contributed by atoms with Gasteiger partial charge in [-0.3, -0.25) is 0 Å². The highest BCUT2D eigenvalue weighted by molar-refractivity contribution is 4.60. The van der Waals surface area contributed by atoms with Crippen LogP contribution in [0.1, 0.15) is 131 Å². The van der Waals surface area contributed by atoms with Crippen LogP contribution in [0.2, 0.25) is 0 Å². The Labute approximate surface area is 155 Å². The number of hydrogen-bond acceptors (Lipinski definition) is 0. The second-order valence-electron chi connectivity index (χ2n) is 9.35. The minimum Gasteiger partial charge on any atom is -0.0654 e. The van der Waals surface area contributed by atoms with Gasteiger partial charge in [0.15, 0.2) is 0 Å². The first-order chi connectivity index (χ1) is 11.5. The van der Waals surface area contributed by atoms with Crippen LogP contribution in [-0.4, -0.2) is 0 Å². The Kier molecular flexibility index (Phi) is 16.5. The highest BCUT2D eigenvalue weighted by Crippen LogP contribution is 2.22. The normalized spacial score (nSPS) is 15.6. The lowest BCUT2D eigenvalue weighted by Crippen LogP contribution is -2.01. The molecule has 0 rings (SSSR count). The number of hydrogen-bond donors (Lipinski definition) is 0. The molecule has 0 bridgehead atoms. The third-order valence-electron chi connectivity index (χ3n) is 5.82. The molecule has 0 aliphatic heterocycles. The second-order valence-corrected chi connectivity index (χ2v) is 9.35. The summed E-state index contributed by atoms with van der Waals surface area (Å²) >= 11 is 0. The highest BCUT2D eigenvalue weighted by atomic mass is 14.1. The van der Waals surface area contributed by atoms with E-state index in [0.717, 1.165) is 23.7 Å². The zero-order valence-electron chi connectivity index (χ0n) is 18.2. The smallest absolute Gasteiger partial charge is 0.0443 e. The fraction of sp³-hybridized carbons (Fsp3) is 1.00. The van der Waals surface area contributed by atoms with Gasteiger partial charge in [0.1, 0.15) is 0 Å². The van der Waals surface area contributed by atoms with Crippen LogP contribution >= 0.6 is 0 Å². The molecule has 0 nitrogen and oxygen atoms in total. The largest absolute Gasteiger partial charge is 0.0654 e. The van der Waals surface area contributed by atoms with Crippen molar-refractivity contribution in [2.24, 2.45) is 23.7 Å². The summed E-state index contributed by atoms with van der Waals surface area (Å²) in [4.78, 5) is 0. The summed E-state index contributed by atoms with van der Waals surface area (Å²) in [6.07, 6.45) is 20.2. The van der Waals surface area contributed by atoms with Crippen LogP contribution in [0, 0.1) is 23.7 Å². The Bertz CT molecular complexity index is 242. The molecule has 0 heteroatoms. The van der Waals surface area contributed by atoms with E-state index >= 15 is 0 Å². The summed E-state index contributed by atoms with van der Waals surface area (Å²) in [5.74, 6) is 3.73. The Hall–Kier alpha value is 0. The Morgan fingerprint density at radius 1 is 0.417 bits per heavy atom. The van der Waals surface area contributed by atoms with Crippen molar-refractivity contribution in [2.75, 3.05) is 0 Å². The lowest BCUT2D eigenvalue weighted by molar-refractivity contribution is 0.377. The standard InChI is InChI=1S/C24H50/c1-7-8-9-15-22(4)16-10-11-17-23(5)19-13-20-24(6)18-12-14-21(2)3/h21-24H,7-20H2,1-6H3. The molecule has 0 aromatic rings. The molecule has 0 spiro atoms. The van der Waals surface area contributed by atoms with E-state index in [4.69, 9.17) is 0 Å². The predicted molar refractivity (Wildman–Crippen MR) is 113 cm³/mol. The van der Waals surface area contributed by atoms with Crippen LogP contribution in [0.4, 0.5) is 0 Å². The molecule has 0 saturated heterocycles. The van der Waals surface area contributed by atoms with Gasteiger partial charge in [-0.1, -0.05) is 131 Å². The van der Waals surface area contributed by atoms with Crippen molar-refractivity contribution >= 4 is 0 Å². The van der Waals surface area contributed by atoms with Gasteiger partial charge in [0.2, 0.25) is 0 Å².